The number of hydrogen-bond donors (Lipinski definition) is 0. The summed E-state index contributed by atoms with van der Waals surface area (Å²) >= 11 is -0.869. The molecule has 0 aliphatic heterocycles. The first-order valence-corrected chi connectivity index (χ1v) is 12.8. The van der Waals surface area contributed by atoms with E-state index in [0.717, 1.165) is 12.0 Å². The van der Waals surface area contributed by atoms with Crippen LogP contribution in [0.2, 0.25) is 0 Å². The second-order valence-electron chi connectivity index (χ2n) is 10.5. The minimum atomic E-state index is -4.80. The Morgan fingerprint density at radius 3 is 2.53 bits per heavy atom. The molecule has 0 radical (unpaired) electrons. The third-order valence-electron chi connectivity index (χ3n) is 6.53. The number of carbonyl (C=O) groups excluding carboxylic acids is 2. The zero-order chi connectivity index (χ0) is 26.7. The highest BCUT2D eigenvalue weighted by Crippen LogP contribution is 2.47. The topological polar surface area (TPSA) is 78.9 Å². The summed E-state index contributed by atoms with van der Waals surface area (Å²) in [4.78, 5) is 26.2. The molecule has 5 unspecified atom stereocenters. The van der Waals surface area contributed by atoms with Gasteiger partial charge in [0.05, 0.1) is 10.8 Å². The van der Waals surface area contributed by atoms with Crippen LogP contribution in [0.1, 0.15) is 53.4 Å². The van der Waals surface area contributed by atoms with E-state index in [-0.39, 0.29) is 16.3 Å². The third kappa shape index (κ3) is 7.98. The molecule has 6 nitrogen and oxygen atoms in total. The van der Waals surface area contributed by atoms with Gasteiger partial charge in [0.25, 0.3) is 0 Å². The fourth-order valence-corrected chi connectivity index (χ4v) is 5.34. The Kier molecular flexibility index (Phi) is 8.83. The molecular weight excluding hydrogens is 495 g/mol. The number of esters is 2. The molecule has 0 spiro atoms. The summed E-state index contributed by atoms with van der Waals surface area (Å²) in [5.74, 6) is -1.05. The smallest absolute Gasteiger partial charge is 0.455 e. The van der Waals surface area contributed by atoms with Crippen molar-refractivity contribution in [1.82, 2.24) is 4.47 Å². The van der Waals surface area contributed by atoms with Gasteiger partial charge in [0.2, 0.25) is 0 Å². The number of carbonyl (C=O) groups is 2. The van der Waals surface area contributed by atoms with Gasteiger partial charge in [-0.25, -0.2) is 0 Å². The lowest BCUT2D eigenvalue weighted by molar-refractivity contribution is -0.169. The highest BCUT2D eigenvalue weighted by atomic mass is 32.2. The molecule has 0 aromatic carbocycles. The molecule has 200 valence electrons. The van der Waals surface area contributed by atoms with Crippen LogP contribution in [0.15, 0.2) is 47.6 Å². The van der Waals surface area contributed by atoms with Gasteiger partial charge < -0.3 is 19.1 Å². The first-order chi connectivity index (χ1) is 16.7. The molecule has 3 aliphatic rings. The molecule has 1 saturated carbocycles. The van der Waals surface area contributed by atoms with Crippen LogP contribution >= 0.6 is 11.9 Å². The largest absolute Gasteiger partial charge is 0.775 e. The number of alkyl halides is 3. The van der Waals surface area contributed by atoms with Crippen LogP contribution in [0.5, 0.6) is 0 Å². The number of hydroxylamine groups is 1. The number of rotatable bonds is 8. The Hall–Kier alpha value is -2.04. The van der Waals surface area contributed by atoms with Crippen molar-refractivity contribution in [2.75, 3.05) is 13.2 Å². The molecule has 0 amide bonds. The Morgan fingerprint density at radius 1 is 1.14 bits per heavy atom. The lowest BCUT2D eigenvalue weighted by atomic mass is 9.80. The van der Waals surface area contributed by atoms with Gasteiger partial charge in [-0.15, -0.1) is 0 Å². The molecule has 3 aliphatic carbocycles. The minimum absolute atomic E-state index is 0.101. The van der Waals surface area contributed by atoms with E-state index in [4.69, 9.17) is 9.47 Å². The van der Waals surface area contributed by atoms with E-state index >= 15 is 0 Å². The molecule has 0 saturated heterocycles. The van der Waals surface area contributed by atoms with Crippen LogP contribution in [0.3, 0.4) is 0 Å². The highest BCUT2D eigenvalue weighted by molar-refractivity contribution is 7.97. The van der Waals surface area contributed by atoms with Gasteiger partial charge in [-0.05, 0) is 62.5 Å². The van der Waals surface area contributed by atoms with Gasteiger partial charge in [-0.2, -0.15) is 13.2 Å². The summed E-state index contributed by atoms with van der Waals surface area (Å²) in [7, 11) is 0. The van der Waals surface area contributed by atoms with Crippen LogP contribution in [0.25, 0.3) is 0 Å². The molecule has 0 aromatic heterocycles. The van der Waals surface area contributed by atoms with E-state index in [1.54, 1.807) is 19.9 Å². The summed E-state index contributed by atoms with van der Waals surface area (Å²) in [5.41, 5.74) is -4.53. The predicted octanol–water partition coefficient (Wildman–Crippen LogP) is 6.26. The lowest BCUT2D eigenvalue weighted by Gasteiger charge is -2.34. The summed E-state index contributed by atoms with van der Waals surface area (Å²) < 4.78 is 48.9. The van der Waals surface area contributed by atoms with E-state index in [0.29, 0.717) is 19.3 Å². The molecule has 0 heterocycles. The quantitative estimate of drug-likeness (QED) is 0.159. The van der Waals surface area contributed by atoms with Crippen LogP contribution in [0.4, 0.5) is 13.2 Å². The van der Waals surface area contributed by atoms with E-state index < -0.39 is 59.5 Å². The zero-order valence-corrected chi connectivity index (χ0v) is 21.8. The normalized spacial score (nSPS) is 32.6. The first kappa shape index (κ1) is 28.5. The zero-order valence-electron chi connectivity index (χ0n) is 21.0. The second kappa shape index (κ2) is 11.1. The van der Waals surface area contributed by atoms with Gasteiger partial charge in [-0.3, -0.25) is 9.59 Å². The van der Waals surface area contributed by atoms with E-state index in [2.05, 4.69) is 6.08 Å². The Morgan fingerprint density at radius 2 is 1.83 bits per heavy atom. The van der Waals surface area contributed by atoms with Crippen molar-refractivity contribution >= 4 is 23.9 Å². The van der Waals surface area contributed by atoms with Crippen molar-refractivity contribution in [3.63, 3.8) is 0 Å². The summed E-state index contributed by atoms with van der Waals surface area (Å²) in [6.45, 7) is 6.06. The Balaban J connectivity index is 1.71. The molecule has 1 fully saturated rings. The molecule has 0 bridgehead atoms. The highest BCUT2D eigenvalue weighted by Gasteiger charge is 2.41. The van der Waals surface area contributed by atoms with Crippen molar-refractivity contribution in [2.45, 2.75) is 65.0 Å². The average Bonchev–Trinajstić information content (AvgIpc) is 3.45. The predicted molar refractivity (Wildman–Crippen MR) is 132 cm³/mol. The number of fused-ring (bicyclic) bond motifs is 1. The molecular formula is C26H33F3NO5S-. The van der Waals surface area contributed by atoms with Gasteiger partial charge in [-0.1, -0.05) is 50.3 Å². The Labute approximate surface area is 214 Å². The minimum Gasteiger partial charge on any atom is -0.775 e. The SMILES string of the molecule is CC1C=C2CC2=CC(C)(C(=O)OC(COC(=O)C2(C)/C=C/C/C=C/C(C)C2)CN([O-])SC(F)(F)F)C1. The number of hydrogen-bond acceptors (Lipinski definition) is 7. The van der Waals surface area contributed by atoms with E-state index in [9.17, 15) is 28.0 Å². The molecule has 0 aromatic rings. The summed E-state index contributed by atoms with van der Waals surface area (Å²) in [6, 6.07) is 0. The first-order valence-electron chi connectivity index (χ1n) is 12.0. The second-order valence-corrected chi connectivity index (χ2v) is 11.5. The van der Waals surface area contributed by atoms with Gasteiger partial charge in [0.1, 0.15) is 12.7 Å². The standard InChI is InChI=1S/C26H33F3NO5S/c1-17-8-6-5-7-9-24(3,12-17)22(31)34-16-21(15-30(33)36-26(27,28)29)35-23(32)25(4)13-18(2)10-19-11-20(19)14-25/h6-10,14,17-18,21H,5,11-13,15-16H2,1-4H3/q-1/b8-6+,9-7+. The van der Waals surface area contributed by atoms with Crippen molar-refractivity contribution < 1.29 is 32.2 Å². The van der Waals surface area contributed by atoms with Crippen molar-refractivity contribution in [2.24, 2.45) is 22.7 Å². The lowest BCUT2D eigenvalue weighted by Crippen LogP contribution is -2.40. The maximum Gasteiger partial charge on any atom is 0.455 e. The van der Waals surface area contributed by atoms with Crippen molar-refractivity contribution in [3.8, 4) is 0 Å². The molecule has 5 atom stereocenters. The van der Waals surface area contributed by atoms with Crippen LogP contribution in [0, 0.1) is 27.9 Å². The number of nitrogens with zero attached hydrogens (tertiary/aromatic N) is 1. The summed E-state index contributed by atoms with van der Waals surface area (Å²) in [5, 5.41) is 12.0. The van der Waals surface area contributed by atoms with Crippen LogP contribution in [-0.4, -0.2) is 41.2 Å². The van der Waals surface area contributed by atoms with E-state index in [1.165, 1.54) is 5.57 Å². The van der Waals surface area contributed by atoms with Gasteiger partial charge >= 0.3 is 17.4 Å². The molecule has 0 N–H and O–H groups in total. The third-order valence-corrected chi connectivity index (χ3v) is 7.09. The maximum atomic E-state index is 13.2. The molecule has 10 heteroatoms. The van der Waals surface area contributed by atoms with E-state index in [1.807, 2.05) is 38.2 Å². The van der Waals surface area contributed by atoms with Gasteiger partial charge in [0.15, 0.2) is 0 Å². The molecule has 3 rings (SSSR count). The van der Waals surface area contributed by atoms with Crippen molar-refractivity contribution in [1.29, 1.82) is 0 Å². The number of halogens is 3. The molecule has 36 heavy (non-hydrogen) atoms. The maximum absolute atomic E-state index is 13.2. The summed E-state index contributed by atoms with van der Waals surface area (Å²) in [6.07, 6.45) is 12.6. The monoisotopic (exact) mass is 528 g/mol. The number of allylic oxidation sites excluding steroid dienone is 6. The van der Waals surface area contributed by atoms with Gasteiger partial charge in [0, 0.05) is 18.5 Å². The fraction of sp³-hybridized carbons (Fsp3) is 0.615. The number of ether oxygens (including phenoxy) is 2. The van der Waals surface area contributed by atoms with Crippen LogP contribution < -0.4 is 0 Å². The average molecular weight is 529 g/mol. The fourth-order valence-electron chi connectivity index (χ4n) is 4.86. The van der Waals surface area contributed by atoms with Crippen molar-refractivity contribution in [3.05, 3.63) is 52.8 Å². The van der Waals surface area contributed by atoms with Crippen LogP contribution in [-0.2, 0) is 19.1 Å². The Bertz CT molecular complexity index is 975.